The fraction of sp³-hybridized carbons (Fsp3) is 0.571. The molecule has 2 unspecified atom stereocenters. The average Bonchev–Trinajstić information content (AvgIpc) is 2.30. The monoisotopic (exact) mass is 273 g/mol. The SMILES string of the molecule is CCC(C)C(C)NCCc1ccc(Cl)cc1Cl. The molecular formula is C14H21Cl2N. The fourth-order valence-corrected chi connectivity index (χ4v) is 2.22. The topological polar surface area (TPSA) is 12.0 Å². The molecule has 0 aliphatic carbocycles. The van der Waals surface area contributed by atoms with Gasteiger partial charge in [-0.05, 0) is 43.5 Å². The van der Waals surface area contributed by atoms with E-state index in [1.165, 1.54) is 6.42 Å². The standard InChI is InChI=1S/C14H21Cl2N/c1-4-10(2)11(3)17-8-7-12-5-6-13(15)9-14(12)16/h5-6,9-11,17H,4,7-8H2,1-3H3. The molecule has 1 nitrogen and oxygen atoms in total. The summed E-state index contributed by atoms with van der Waals surface area (Å²) in [4.78, 5) is 0. The summed E-state index contributed by atoms with van der Waals surface area (Å²) in [5, 5.41) is 4.99. The van der Waals surface area contributed by atoms with Gasteiger partial charge in [0.2, 0.25) is 0 Å². The van der Waals surface area contributed by atoms with Gasteiger partial charge in [0.25, 0.3) is 0 Å². The van der Waals surface area contributed by atoms with E-state index in [1.54, 1.807) is 6.07 Å². The summed E-state index contributed by atoms with van der Waals surface area (Å²) in [5.74, 6) is 0.704. The molecule has 0 saturated heterocycles. The summed E-state index contributed by atoms with van der Waals surface area (Å²) in [7, 11) is 0. The van der Waals surface area contributed by atoms with Gasteiger partial charge in [0, 0.05) is 16.1 Å². The van der Waals surface area contributed by atoms with Gasteiger partial charge in [-0.3, -0.25) is 0 Å². The molecule has 0 heterocycles. The lowest BCUT2D eigenvalue weighted by Gasteiger charge is -2.20. The van der Waals surface area contributed by atoms with Crippen LogP contribution in [-0.4, -0.2) is 12.6 Å². The molecule has 0 bridgehead atoms. The van der Waals surface area contributed by atoms with E-state index in [4.69, 9.17) is 23.2 Å². The number of rotatable bonds is 6. The van der Waals surface area contributed by atoms with Crippen molar-refractivity contribution < 1.29 is 0 Å². The smallest absolute Gasteiger partial charge is 0.0453 e. The van der Waals surface area contributed by atoms with E-state index in [-0.39, 0.29) is 0 Å². The van der Waals surface area contributed by atoms with E-state index in [1.807, 2.05) is 12.1 Å². The third-order valence-electron chi connectivity index (χ3n) is 3.37. The van der Waals surface area contributed by atoms with Gasteiger partial charge in [0.15, 0.2) is 0 Å². The van der Waals surface area contributed by atoms with Crippen molar-refractivity contribution in [3.05, 3.63) is 33.8 Å². The first-order valence-electron chi connectivity index (χ1n) is 6.22. The van der Waals surface area contributed by atoms with Crippen molar-refractivity contribution in [2.75, 3.05) is 6.54 Å². The molecule has 0 aromatic heterocycles. The predicted molar refractivity (Wildman–Crippen MR) is 77.1 cm³/mol. The van der Waals surface area contributed by atoms with Crippen LogP contribution in [0.5, 0.6) is 0 Å². The first-order valence-corrected chi connectivity index (χ1v) is 6.97. The van der Waals surface area contributed by atoms with Crippen molar-refractivity contribution in [2.24, 2.45) is 5.92 Å². The quantitative estimate of drug-likeness (QED) is 0.801. The zero-order chi connectivity index (χ0) is 12.8. The van der Waals surface area contributed by atoms with Crippen LogP contribution in [0.1, 0.15) is 32.8 Å². The maximum atomic E-state index is 6.12. The van der Waals surface area contributed by atoms with E-state index in [2.05, 4.69) is 26.1 Å². The first kappa shape index (κ1) is 14.8. The van der Waals surface area contributed by atoms with Crippen molar-refractivity contribution in [1.29, 1.82) is 0 Å². The van der Waals surface area contributed by atoms with Crippen molar-refractivity contribution in [3.8, 4) is 0 Å². The van der Waals surface area contributed by atoms with Crippen LogP contribution in [0.2, 0.25) is 10.0 Å². The molecule has 0 spiro atoms. The molecule has 0 radical (unpaired) electrons. The van der Waals surface area contributed by atoms with E-state index in [0.29, 0.717) is 17.0 Å². The maximum absolute atomic E-state index is 6.12. The Kier molecular flexibility index (Phi) is 6.32. The lowest BCUT2D eigenvalue weighted by Crippen LogP contribution is -2.33. The molecule has 1 N–H and O–H groups in total. The minimum atomic E-state index is 0.547. The summed E-state index contributed by atoms with van der Waals surface area (Å²) < 4.78 is 0. The predicted octanol–water partition coefficient (Wildman–Crippen LogP) is 4.56. The van der Waals surface area contributed by atoms with Crippen LogP contribution in [0.3, 0.4) is 0 Å². The van der Waals surface area contributed by atoms with E-state index >= 15 is 0 Å². The fourth-order valence-electron chi connectivity index (χ4n) is 1.71. The maximum Gasteiger partial charge on any atom is 0.0453 e. The van der Waals surface area contributed by atoms with Crippen molar-refractivity contribution in [2.45, 2.75) is 39.7 Å². The molecule has 1 rings (SSSR count). The molecule has 1 aromatic carbocycles. The molecule has 0 aliphatic rings. The molecule has 3 heteroatoms. The van der Waals surface area contributed by atoms with Crippen LogP contribution in [-0.2, 0) is 6.42 Å². The van der Waals surface area contributed by atoms with Crippen LogP contribution in [0.25, 0.3) is 0 Å². The third kappa shape index (κ3) is 4.87. The Morgan fingerprint density at radius 3 is 2.53 bits per heavy atom. The Hall–Kier alpha value is -0.240. The third-order valence-corrected chi connectivity index (χ3v) is 3.96. The van der Waals surface area contributed by atoms with Gasteiger partial charge in [-0.1, -0.05) is 49.5 Å². The van der Waals surface area contributed by atoms with Gasteiger partial charge < -0.3 is 5.32 Å². The van der Waals surface area contributed by atoms with E-state index in [9.17, 15) is 0 Å². The van der Waals surface area contributed by atoms with Crippen LogP contribution in [0.4, 0.5) is 0 Å². The van der Waals surface area contributed by atoms with Crippen molar-refractivity contribution >= 4 is 23.2 Å². The highest BCUT2D eigenvalue weighted by molar-refractivity contribution is 6.35. The molecule has 2 atom stereocenters. The second kappa shape index (κ2) is 7.25. The zero-order valence-corrected chi connectivity index (χ0v) is 12.3. The Balaban J connectivity index is 2.40. The van der Waals surface area contributed by atoms with Gasteiger partial charge in [0.1, 0.15) is 0 Å². The zero-order valence-electron chi connectivity index (χ0n) is 10.8. The minimum absolute atomic E-state index is 0.547. The number of hydrogen-bond donors (Lipinski definition) is 1. The Morgan fingerprint density at radius 1 is 1.24 bits per heavy atom. The van der Waals surface area contributed by atoms with Gasteiger partial charge in [-0.2, -0.15) is 0 Å². The Bertz CT molecular complexity index is 352. The molecule has 96 valence electrons. The first-order chi connectivity index (χ1) is 8.04. The van der Waals surface area contributed by atoms with Crippen LogP contribution < -0.4 is 5.32 Å². The minimum Gasteiger partial charge on any atom is -0.314 e. The molecule has 0 aliphatic heterocycles. The highest BCUT2D eigenvalue weighted by Gasteiger charge is 2.09. The van der Waals surface area contributed by atoms with Crippen LogP contribution in [0.15, 0.2) is 18.2 Å². The summed E-state index contributed by atoms with van der Waals surface area (Å²) in [6, 6.07) is 6.24. The normalized spacial score (nSPS) is 14.6. The highest BCUT2D eigenvalue weighted by atomic mass is 35.5. The number of nitrogens with one attached hydrogen (secondary N) is 1. The largest absolute Gasteiger partial charge is 0.314 e. The van der Waals surface area contributed by atoms with Crippen molar-refractivity contribution in [3.63, 3.8) is 0 Å². The molecule has 0 fully saturated rings. The second-order valence-corrected chi connectivity index (χ2v) is 5.46. The van der Waals surface area contributed by atoms with E-state index in [0.717, 1.165) is 23.6 Å². The number of halogens is 2. The molecule has 0 saturated carbocycles. The average molecular weight is 274 g/mol. The summed E-state index contributed by atoms with van der Waals surface area (Å²) >= 11 is 12.0. The highest BCUT2D eigenvalue weighted by Crippen LogP contribution is 2.21. The van der Waals surface area contributed by atoms with Crippen LogP contribution >= 0.6 is 23.2 Å². The summed E-state index contributed by atoms with van der Waals surface area (Å²) in [6.45, 7) is 7.68. The lowest BCUT2D eigenvalue weighted by molar-refractivity contribution is 0.393. The number of hydrogen-bond acceptors (Lipinski definition) is 1. The molecule has 17 heavy (non-hydrogen) atoms. The molecular weight excluding hydrogens is 253 g/mol. The van der Waals surface area contributed by atoms with Crippen molar-refractivity contribution in [1.82, 2.24) is 5.32 Å². The van der Waals surface area contributed by atoms with E-state index < -0.39 is 0 Å². The van der Waals surface area contributed by atoms with Gasteiger partial charge in [-0.25, -0.2) is 0 Å². The lowest BCUT2D eigenvalue weighted by atomic mass is 10.0. The Labute approximate surface area is 115 Å². The Morgan fingerprint density at radius 2 is 1.94 bits per heavy atom. The van der Waals surface area contributed by atoms with Crippen LogP contribution in [0, 0.1) is 5.92 Å². The summed E-state index contributed by atoms with van der Waals surface area (Å²) in [6.07, 6.45) is 2.15. The second-order valence-electron chi connectivity index (χ2n) is 4.61. The summed E-state index contributed by atoms with van der Waals surface area (Å²) in [5.41, 5.74) is 1.15. The molecule has 1 aromatic rings. The number of benzene rings is 1. The van der Waals surface area contributed by atoms with Gasteiger partial charge in [0.05, 0.1) is 0 Å². The van der Waals surface area contributed by atoms with Gasteiger partial charge >= 0.3 is 0 Å². The molecule has 0 amide bonds. The van der Waals surface area contributed by atoms with Gasteiger partial charge in [-0.15, -0.1) is 0 Å².